The summed E-state index contributed by atoms with van der Waals surface area (Å²) in [5.74, 6) is -0.152. The van der Waals surface area contributed by atoms with Crippen molar-refractivity contribution >= 4 is 0 Å². The molecule has 1 aliphatic carbocycles. The van der Waals surface area contributed by atoms with E-state index in [4.69, 9.17) is 9.47 Å². The highest BCUT2D eigenvalue weighted by Crippen LogP contribution is 2.54. The first-order valence-corrected chi connectivity index (χ1v) is 4.81. The van der Waals surface area contributed by atoms with Crippen LogP contribution < -0.4 is 5.32 Å². The molecule has 2 saturated heterocycles. The monoisotopic (exact) mass is 169 g/mol. The number of ether oxygens (including phenoxy) is 2. The van der Waals surface area contributed by atoms with Gasteiger partial charge in [0.25, 0.3) is 0 Å². The molecule has 0 aromatic heterocycles. The van der Waals surface area contributed by atoms with Gasteiger partial charge in [-0.05, 0) is 6.42 Å². The molecule has 2 spiro atoms. The van der Waals surface area contributed by atoms with E-state index in [0.29, 0.717) is 5.41 Å². The molecule has 0 atom stereocenters. The summed E-state index contributed by atoms with van der Waals surface area (Å²) < 4.78 is 11.4. The van der Waals surface area contributed by atoms with Gasteiger partial charge in [-0.1, -0.05) is 0 Å². The van der Waals surface area contributed by atoms with Crippen LogP contribution in [0.25, 0.3) is 0 Å². The summed E-state index contributed by atoms with van der Waals surface area (Å²) >= 11 is 0. The van der Waals surface area contributed by atoms with Gasteiger partial charge in [-0.15, -0.1) is 0 Å². The third-order valence-corrected chi connectivity index (χ3v) is 3.31. The van der Waals surface area contributed by atoms with E-state index >= 15 is 0 Å². The molecule has 12 heavy (non-hydrogen) atoms. The Morgan fingerprint density at radius 2 is 1.67 bits per heavy atom. The van der Waals surface area contributed by atoms with Gasteiger partial charge in [-0.3, -0.25) is 0 Å². The molecule has 0 unspecified atom stereocenters. The standard InChI is InChI=1S/C9H15NO2/c1-2-11-9(12-3-1)4-8(5-9)6-10-7-8/h10H,1-7H2. The molecule has 3 nitrogen and oxygen atoms in total. The highest BCUT2D eigenvalue weighted by atomic mass is 16.7. The van der Waals surface area contributed by atoms with Crippen LogP contribution in [-0.2, 0) is 9.47 Å². The molecule has 0 aromatic rings. The summed E-state index contributed by atoms with van der Waals surface area (Å²) in [7, 11) is 0. The van der Waals surface area contributed by atoms with Crippen LogP contribution in [0.2, 0.25) is 0 Å². The van der Waals surface area contributed by atoms with Crippen molar-refractivity contribution in [2.45, 2.75) is 25.0 Å². The van der Waals surface area contributed by atoms with Crippen molar-refractivity contribution in [3.05, 3.63) is 0 Å². The molecule has 1 N–H and O–H groups in total. The lowest BCUT2D eigenvalue weighted by Crippen LogP contribution is -2.69. The molecule has 68 valence electrons. The number of hydrogen-bond donors (Lipinski definition) is 1. The van der Waals surface area contributed by atoms with Crippen LogP contribution in [-0.4, -0.2) is 32.1 Å². The Morgan fingerprint density at radius 3 is 2.17 bits per heavy atom. The third-order valence-electron chi connectivity index (χ3n) is 3.31. The van der Waals surface area contributed by atoms with Crippen LogP contribution in [0, 0.1) is 5.41 Å². The van der Waals surface area contributed by atoms with E-state index in [1.54, 1.807) is 0 Å². The summed E-state index contributed by atoms with van der Waals surface area (Å²) in [5, 5.41) is 3.31. The Labute approximate surface area is 72.4 Å². The minimum Gasteiger partial charge on any atom is -0.350 e. The molecule has 0 aromatic carbocycles. The SMILES string of the molecule is C1COC2(CC3(CNC3)C2)OC1. The fraction of sp³-hybridized carbons (Fsp3) is 1.00. The minimum absolute atomic E-state index is 0.152. The Bertz CT molecular complexity index is 185. The van der Waals surface area contributed by atoms with Crippen LogP contribution in [0.1, 0.15) is 19.3 Å². The summed E-state index contributed by atoms with van der Waals surface area (Å²) in [6.07, 6.45) is 3.30. The van der Waals surface area contributed by atoms with Gasteiger partial charge >= 0.3 is 0 Å². The van der Waals surface area contributed by atoms with E-state index in [9.17, 15) is 0 Å². The molecule has 3 aliphatic rings. The van der Waals surface area contributed by atoms with Crippen molar-refractivity contribution in [3.8, 4) is 0 Å². The van der Waals surface area contributed by atoms with Crippen molar-refractivity contribution in [1.29, 1.82) is 0 Å². The molecule has 1 saturated carbocycles. The zero-order valence-corrected chi connectivity index (χ0v) is 7.27. The summed E-state index contributed by atoms with van der Waals surface area (Å²) in [4.78, 5) is 0. The van der Waals surface area contributed by atoms with E-state index < -0.39 is 0 Å². The van der Waals surface area contributed by atoms with Gasteiger partial charge in [0.1, 0.15) is 0 Å². The molecule has 3 fully saturated rings. The van der Waals surface area contributed by atoms with Crippen molar-refractivity contribution in [3.63, 3.8) is 0 Å². The predicted molar refractivity (Wildman–Crippen MR) is 43.8 cm³/mol. The third kappa shape index (κ3) is 0.873. The summed E-state index contributed by atoms with van der Waals surface area (Å²) in [5.41, 5.74) is 0.553. The largest absolute Gasteiger partial charge is 0.350 e. The number of nitrogens with one attached hydrogen (secondary N) is 1. The van der Waals surface area contributed by atoms with Gasteiger partial charge in [0.05, 0.1) is 13.2 Å². The molecule has 2 heterocycles. The molecule has 3 heteroatoms. The highest BCUT2D eigenvalue weighted by Gasteiger charge is 2.59. The number of rotatable bonds is 0. The lowest BCUT2D eigenvalue weighted by molar-refractivity contribution is -0.346. The second kappa shape index (κ2) is 2.22. The zero-order valence-electron chi connectivity index (χ0n) is 7.27. The van der Waals surface area contributed by atoms with Crippen molar-refractivity contribution < 1.29 is 9.47 Å². The average Bonchev–Trinajstić information content (AvgIpc) is 1.98. The van der Waals surface area contributed by atoms with Crippen LogP contribution in [0.4, 0.5) is 0 Å². The van der Waals surface area contributed by atoms with Crippen LogP contribution in [0.15, 0.2) is 0 Å². The van der Waals surface area contributed by atoms with Gasteiger partial charge in [0.2, 0.25) is 0 Å². The second-order valence-corrected chi connectivity index (χ2v) is 4.42. The lowest BCUT2D eigenvalue weighted by Gasteiger charge is -2.60. The fourth-order valence-electron chi connectivity index (χ4n) is 2.64. The summed E-state index contributed by atoms with van der Waals surface area (Å²) in [6.45, 7) is 4.12. The van der Waals surface area contributed by atoms with Gasteiger partial charge in [0, 0.05) is 31.3 Å². The Kier molecular flexibility index (Phi) is 1.35. The molecule has 0 amide bonds. The van der Waals surface area contributed by atoms with Crippen molar-refractivity contribution in [2.75, 3.05) is 26.3 Å². The van der Waals surface area contributed by atoms with Gasteiger partial charge in [-0.2, -0.15) is 0 Å². The molecule has 0 radical (unpaired) electrons. The maximum Gasteiger partial charge on any atom is 0.169 e. The fourth-order valence-corrected chi connectivity index (χ4v) is 2.64. The quantitative estimate of drug-likeness (QED) is 0.573. The van der Waals surface area contributed by atoms with Crippen molar-refractivity contribution in [2.24, 2.45) is 5.41 Å². The average molecular weight is 169 g/mol. The van der Waals surface area contributed by atoms with Gasteiger partial charge < -0.3 is 14.8 Å². The first-order valence-electron chi connectivity index (χ1n) is 4.81. The highest BCUT2D eigenvalue weighted by molar-refractivity contribution is 5.08. The van der Waals surface area contributed by atoms with E-state index in [1.165, 1.54) is 13.1 Å². The Morgan fingerprint density at radius 1 is 1.00 bits per heavy atom. The molecule has 0 bridgehead atoms. The van der Waals surface area contributed by atoms with Gasteiger partial charge in [-0.25, -0.2) is 0 Å². The Balaban J connectivity index is 1.65. The first-order chi connectivity index (χ1) is 5.83. The summed E-state index contributed by atoms with van der Waals surface area (Å²) in [6, 6.07) is 0. The maximum atomic E-state index is 5.68. The van der Waals surface area contributed by atoms with Gasteiger partial charge in [0.15, 0.2) is 5.79 Å². The molecule has 3 rings (SSSR count). The predicted octanol–water partition coefficient (Wildman–Crippen LogP) is 0.503. The van der Waals surface area contributed by atoms with E-state index in [-0.39, 0.29) is 5.79 Å². The maximum absolute atomic E-state index is 5.68. The van der Waals surface area contributed by atoms with Crippen molar-refractivity contribution in [1.82, 2.24) is 5.32 Å². The molecular formula is C9H15NO2. The number of hydrogen-bond acceptors (Lipinski definition) is 3. The van der Waals surface area contributed by atoms with Crippen LogP contribution in [0.5, 0.6) is 0 Å². The van der Waals surface area contributed by atoms with E-state index in [0.717, 1.165) is 32.5 Å². The topological polar surface area (TPSA) is 30.5 Å². The zero-order chi connectivity index (χ0) is 8.07. The normalized spacial score (nSPS) is 36.0. The van der Waals surface area contributed by atoms with Crippen LogP contribution >= 0.6 is 0 Å². The molecular weight excluding hydrogens is 154 g/mol. The lowest BCUT2D eigenvalue weighted by atomic mass is 9.60. The molecule has 2 aliphatic heterocycles. The van der Waals surface area contributed by atoms with E-state index in [1.807, 2.05) is 0 Å². The minimum atomic E-state index is -0.152. The van der Waals surface area contributed by atoms with Crippen LogP contribution in [0.3, 0.4) is 0 Å². The first kappa shape index (κ1) is 7.30. The second-order valence-electron chi connectivity index (χ2n) is 4.42. The smallest absolute Gasteiger partial charge is 0.169 e. The van der Waals surface area contributed by atoms with E-state index in [2.05, 4.69) is 5.32 Å². The Hall–Kier alpha value is -0.120.